The lowest BCUT2D eigenvalue weighted by molar-refractivity contribution is 0.0944. The number of hydrogen-bond donors (Lipinski definition) is 2. The molecule has 98 valence electrons. The average Bonchev–Trinajstić information content (AvgIpc) is 2.72. The van der Waals surface area contributed by atoms with Gasteiger partial charge in [0.2, 0.25) is 0 Å². The zero-order valence-electron chi connectivity index (χ0n) is 9.83. The second kappa shape index (κ2) is 6.04. The molecule has 0 aliphatic heterocycles. The Morgan fingerprint density at radius 3 is 2.89 bits per heavy atom. The fraction of sp³-hybridized carbons (Fsp3) is 0.462. The number of nitrogens with one attached hydrogen (secondary N) is 1. The van der Waals surface area contributed by atoms with Crippen molar-refractivity contribution in [3.63, 3.8) is 0 Å². The smallest absolute Gasteiger partial charge is 0.252 e. The number of rotatable bonds is 3. The minimum atomic E-state index is -0.200. The van der Waals surface area contributed by atoms with Gasteiger partial charge in [0.05, 0.1) is 11.7 Å². The molecule has 0 radical (unpaired) electrons. The lowest BCUT2D eigenvalue weighted by atomic mass is 10.1. The van der Waals surface area contributed by atoms with Crippen molar-refractivity contribution in [3.8, 4) is 0 Å². The monoisotopic (exact) mass is 331 g/mol. The molecular formula is C13H15BrClNO2. The van der Waals surface area contributed by atoms with Crippen LogP contribution in [-0.4, -0.2) is 23.7 Å². The summed E-state index contributed by atoms with van der Waals surface area (Å²) in [5.41, 5.74) is 0.581. The van der Waals surface area contributed by atoms with E-state index >= 15 is 0 Å². The van der Waals surface area contributed by atoms with Crippen molar-refractivity contribution >= 4 is 33.4 Å². The lowest BCUT2D eigenvalue weighted by Gasteiger charge is -2.11. The summed E-state index contributed by atoms with van der Waals surface area (Å²) in [6.07, 6.45) is 2.39. The van der Waals surface area contributed by atoms with Crippen molar-refractivity contribution in [2.45, 2.75) is 25.4 Å². The quantitative estimate of drug-likeness (QED) is 0.894. The number of aliphatic hydroxyl groups is 1. The highest BCUT2D eigenvalue weighted by atomic mass is 79.9. The zero-order chi connectivity index (χ0) is 13.1. The molecule has 1 saturated carbocycles. The van der Waals surface area contributed by atoms with E-state index in [1.165, 1.54) is 0 Å². The normalized spacial score (nSPS) is 23.1. The van der Waals surface area contributed by atoms with E-state index in [-0.39, 0.29) is 12.0 Å². The minimum absolute atomic E-state index is 0.111. The molecule has 18 heavy (non-hydrogen) atoms. The number of benzene rings is 1. The van der Waals surface area contributed by atoms with Gasteiger partial charge in [-0.3, -0.25) is 4.79 Å². The fourth-order valence-electron chi connectivity index (χ4n) is 2.24. The van der Waals surface area contributed by atoms with Crippen molar-refractivity contribution in [1.82, 2.24) is 5.32 Å². The topological polar surface area (TPSA) is 49.3 Å². The Bertz CT molecular complexity index is 453. The van der Waals surface area contributed by atoms with Gasteiger partial charge in [0.25, 0.3) is 5.91 Å². The Morgan fingerprint density at radius 1 is 1.50 bits per heavy atom. The van der Waals surface area contributed by atoms with Gasteiger partial charge in [0.1, 0.15) is 0 Å². The van der Waals surface area contributed by atoms with Crippen LogP contribution in [0, 0.1) is 5.92 Å². The first-order valence-electron chi connectivity index (χ1n) is 5.97. The highest BCUT2D eigenvalue weighted by Crippen LogP contribution is 2.25. The van der Waals surface area contributed by atoms with Gasteiger partial charge in [0, 0.05) is 16.0 Å². The SMILES string of the molecule is O=C(NCC1CCC(O)C1)c1ccc(Cl)cc1Br. The largest absolute Gasteiger partial charge is 0.393 e. The standard InChI is InChI=1S/C13H15BrClNO2/c14-12-6-9(15)2-4-11(12)13(18)16-7-8-1-3-10(17)5-8/h2,4,6,8,10,17H,1,3,5,7H2,(H,16,18). The van der Waals surface area contributed by atoms with Gasteiger partial charge in [0.15, 0.2) is 0 Å². The summed E-state index contributed by atoms with van der Waals surface area (Å²) in [4.78, 5) is 12.0. The van der Waals surface area contributed by atoms with Crippen LogP contribution in [0.2, 0.25) is 5.02 Å². The van der Waals surface area contributed by atoms with Crippen LogP contribution in [0.5, 0.6) is 0 Å². The van der Waals surface area contributed by atoms with Crippen molar-refractivity contribution in [3.05, 3.63) is 33.3 Å². The molecule has 0 aromatic heterocycles. The highest BCUT2D eigenvalue weighted by Gasteiger charge is 2.23. The van der Waals surface area contributed by atoms with Crippen LogP contribution < -0.4 is 5.32 Å². The molecule has 1 aliphatic rings. The van der Waals surface area contributed by atoms with Crippen LogP contribution in [-0.2, 0) is 0 Å². The van der Waals surface area contributed by atoms with Gasteiger partial charge < -0.3 is 10.4 Å². The molecule has 0 saturated heterocycles. The molecule has 0 heterocycles. The maximum absolute atomic E-state index is 12.0. The predicted octanol–water partition coefficient (Wildman–Crippen LogP) is 2.99. The van der Waals surface area contributed by atoms with Crippen LogP contribution >= 0.6 is 27.5 Å². The van der Waals surface area contributed by atoms with E-state index in [2.05, 4.69) is 21.2 Å². The van der Waals surface area contributed by atoms with Gasteiger partial charge in [-0.25, -0.2) is 0 Å². The first kappa shape index (κ1) is 13.8. The molecule has 2 rings (SSSR count). The molecule has 0 bridgehead atoms. The number of carbonyl (C=O) groups is 1. The highest BCUT2D eigenvalue weighted by molar-refractivity contribution is 9.10. The van der Waals surface area contributed by atoms with Crippen LogP contribution in [0.3, 0.4) is 0 Å². The first-order valence-corrected chi connectivity index (χ1v) is 7.14. The second-order valence-corrected chi connectivity index (χ2v) is 5.96. The number of halogens is 2. The Morgan fingerprint density at radius 2 is 2.28 bits per heavy atom. The molecule has 3 nitrogen and oxygen atoms in total. The lowest BCUT2D eigenvalue weighted by Crippen LogP contribution is -2.28. The van der Waals surface area contributed by atoms with E-state index in [1.54, 1.807) is 18.2 Å². The van der Waals surface area contributed by atoms with Gasteiger partial charge in [-0.2, -0.15) is 0 Å². The summed E-state index contributed by atoms with van der Waals surface area (Å²) >= 11 is 9.15. The van der Waals surface area contributed by atoms with Gasteiger partial charge in [-0.15, -0.1) is 0 Å². The molecule has 1 amide bonds. The molecule has 1 aromatic rings. The van der Waals surface area contributed by atoms with Crippen LogP contribution in [0.15, 0.2) is 22.7 Å². The maximum atomic E-state index is 12.0. The van der Waals surface area contributed by atoms with Crippen molar-refractivity contribution in [1.29, 1.82) is 0 Å². The first-order chi connectivity index (χ1) is 8.56. The number of aliphatic hydroxyl groups excluding tert-OH is 1. The second-order valence-electron chi connectivity index (χ2n) is 4.67. The average molecular weight is 333 g/mol. The van der Waals surface area contributed by atoms with E-state index in [1.807, 2.05) is 0 Å². The van der Waals surface area contributed by atoms with Gasteiger partial charge in [-0.1, -0.05) is 11.6 Å². The van der Waals surface area contributed by atoms with Gasteiger partial charge in [-0.05, 0) is 59.3 Å². The van der Waals surface area contributed by atoms with Crippen molar-refractivity contribution in [2.24, 2.45) is 5.92 Å². The van der Waals surface area contributed by atoms with Crippen LogP contribution in [0.1, 0.15) is 29.6 Å². The molecule has 0 spiro atoms. The number of amides is 1. The summed E-state index contributed by atoms with van der Waals surface area (Å²) < 4.78 is 0.693. The summed E-state index contributed by atoms with van der Waals surface area (Å²) in [7, 11) is 0. The molecule has 1 aromatic carbocycles. The van der Waals surface area contributed by atoms with E-state index < -0.39 is 0 Å². The van der Waals surface area contributed by atoms with E-state index in [0.29, 0.717) is 27.5 Å². The maximum Gasteiger partial charge on any atom is 0.252 e. The van der Waals surface area contributed by atoms with E-state index in [0.717, 1.165) is 19.3 Å². The van der Waals surface area contributed by atoms with Crippen LogP contribution in [0.25, 0.3) is 0 Å². The molecule has 2 unspecified atom stereocenters. The number of carbonyl (C=O) groups excluding carboxylic acids is 1. The fourth-order valence-corrected chi connectivity index (χ4v) is 3.10. The summed E-state index contributed by atoms with van der Waals surface area (Å²) in [6, 6.07) is 5.10. The summed E-state index contributed by atoms with van der Waals surface area (Å²) in [5.74, 6) is 0.273. The minimum Gasteiger partial charge on any atom is -0.393 e. The summed E-state index contributed by atoms with van der Waals surface area (Å²) in [6.45, 7) is 0.616. The third-order valence-electron chi connectivity index (χ3n) is 3.24. The molecule has 5 heteroatoms. The van der Waals surface area contributed by atoms with Crippen molar-refractivity contribution < 1.29 is 9.90 Å². The van der Waals surface area contributed by atoms with E-state index in [4.69, 9.17) is 11.6 Å². The molecule has 1 aliphatic carbocycles. The Labute approximate surface area is 120 Å². The zero-order valence-corrected chi connectivity index (χ0v) is 12.2. The Balaban J connectivity index is 1.91. The summed E-state index contributed by atoms with van der Waals surface area (Å²) in [5, 5.41) is 12.9. The Hall–Kier alpha value is -0.580. The molecule has 2 atom stereocenters. The van der Waals surface area contributed by atoms with E-state index in [9.17, 15) is 9.90 Å². The molecular weight excluding hydrogens is 318 g/mol. The molecule has 1 fully saturated rings. The third kappa shape index (κ3) is 3.46. The van der Waals surface area contributed by atoms with Gasteiger partial charge >= 0.3 is 0 Å². The Kier molecular flexibility index (Phi) is 4.65. The van der Waals surface area contributed by atoms with Crippen LogP contribution in [0.4, 0.5) is 0 Å². The molecule has 2 N–H and O–H groups in total. The number of hydrogen-bond acceptors (Lipinski definition) is 2. The third-order valence-corrected chi connectivity index (χ3v) is 4.13. The van der Waals surface area contributed by atoms with Crippen molar-refractivity contribution in [2.75, 3.05) is 6.54 Å². The predicted molar refractivity (Wildman–Crippen MR) is 74.8 cm³/mol.